The van der Waals surface area contributed by atoms with Crippen molar-refractivity contribution < 1.29 is 5.11 Å². The van der Waals surface area contributed by atoms with Crippen LogP contribution in [0.1, 0.15) is 18.6 Å². The molecule has 0 heterocycles. The minimum Gasteiger partial charge on any atom is -0.388 e. The summed E-state index contributed by atoms with van der Waals surface area (Å²) in [6, 6.07) is 7.20. The van der Waals surface area contributed by atoms with Crippen LogP contribution in [0.4, 0.5) is 0 Å². The van der Waals surface area contributed by atoms with E-state index in [4.69, 9.17) is 11.6 Å². The number of halogens is 1. The van der Waals surface area contributed by atoms with E-state index in [2.05, 4.69) is 6.58 Å². The summed E-state index contributed by atoms with van der Waals surface area (Å²) >= 11 is 5.73. The summed E-state index contributed by atoms with van der Waals surface area (Å²) in [6.07, 6.45) is 1.24. The van der Waals surface area contributed by atoms with E-state index >= 15 is 0 Å². The zero-order valence-corrected chi connectivity index (χ0v) is 8.33. The highest BCUT2D eigenvalue weighted by Gasteiger charge is 2.12. The van der Waals surface area contributed by atoms with E-state index in [9.17, 15) is 5.11 Å². The molecule has 0 aliphatic rings. The van der Waals surface area contributed by atoms with Crippen molar-refractivity contribution >= 4 is 11.6 Å². The SMILES string of the molecule is C=C[C@H](C)[C@@H](O)c1ccc(Cl)cc1. The molecule has 1 nitrogen and oxygen atoms in total. The number of benzene rings is 1. The van der Waals surface area contributed by atoms with E-state index in [-0.39, 0.29) is 5.92 Å². The molecule has 2 atom stereocenters. The molecule has 0 saturated carbocycles. The third-order valence-electron chi connectivity index (χ3n) is 2.08. The lowest BCUT2D eigenvalue weighted by molar-refractivity contribution is 0.140. The Morgan fingerprint density at radius 2 is 1.92 bits per heavy atom. The molecule has 0 spiro atoms. The first-order valence-electron chi connectivity index (χ1n) is 4.21. The van der Waals surface area contributed by atoms with Gasteiger partial charge < -0.3 is 5.11 Å². The summed E-state index contributed by atoms with van der Waals surface area (Å²) in [5, 5.41) is 10.4. The lowest BCUT2D eigenvalue weighted by Gasteiger charge is -2.15. The van der Waals surface area contributed by atoms with Crippen molar-refractivity contribution in [3.63, 3.8) is 0 Å². The Balaban J connectivity index is 2.82. The normalized spacial score (nSPS) is 15.0. The molecule has 1 aromatic carbocycles. The summed E-state index contributed by atoms with van der Waals surface area (Å²) < 4.78 is 0. The van der Waals surface area contributed by atoms with Crippen LogP contribution in [0.3, 0.4) is 0 Å². The number of aliphatic hydroxyl groups is 1. The van der Waals surface area contributed by atoms with Crippen molar-refractivity contribution in [1.82, 2.24) is 0 Å². The fraction of sp³-hybridized carbons (Fsp3) is 0.273. The van der Waals surface area contributed by atoms with E-state index in [1.807, 2.05) is 19.1 Å². The summed E-state index contributed by atoms with van der Waals surface area (Å²) in [7, 11) is 0. The van der Waals surface area contributed by atoms with Crippen LogP contribution in [0.15, 0.2) is 36.9 Å². The molecule has 0 bridgehead atoms. The summed E-state index contributed by atoms with van der Waals surface area (Å²) in [5.74, 6) is 0.0566. The first-order chi connectivity index (χ1) is 6.15. The van der Waals surface area contributed by atoms with Crippen molar-refractivity contribution in [3.8, 4) is 0 Å². The van der Waals surface area contributed by atoms with Gasteiger partial charge in [0, 0.05) is 10.9 Å². The molecule has 70 valence electrons. The Hall–Kier alpha value is -0.790. The molecule has 1 N–H and O–H groups in total. The zero-order valence-electron chi connectivity index (χ0n) is 7.57. The van der Waals surface area contributed by atoms with Gasteiger partial charge in [0.2, 0.25) is 0 Å². The average Bonchev–Trinajstić information content (AvgIpc) is 2.17. The molecule has 0 fully saturated rings. The second kappa shape index (κ2) is 4.45. The Labute approximate surface area is 83.7 Å². The third kappa shape index (κ3) is 2.58. The smallest absolute Gasteiger partial charge is 0.0849 e. The predicted octanol–water partition coefficient (Wildman–Crippen LogP) is 3.20. The average molecular weight is 197 g/mol. The van der Waals surface area contributed by atoms with Crippen molar-refractivity contribution in [2.75, 3.05) is 0 Å². The Kier molecular flexibility index (Phi) is 3.52. The molecular weight excluding hydrogens is 184 g/mol. The van der Waals surface area contributed by atoms with Crippen LogP contribution in [-0.4, -0.2) is 5.11 Å². The second-order valence-corrected chi connectivity index (χ2v) is 3.53. The van der Waals surface area contributed by atoms with Crippen LogP contribution in [-0.2, 0) is 0 Å². The van der Waals surface area contributed by atoms with Crippen LogP contribution in [0.5, 0.6) is 0 Å². The minimum atomic E-state index is -0.491. The van der Waals surface area contributed by atoms with Gasteiger partial charge in [-0.25, -0.2) is 0 Å². The Morgan fingerprint density at radius 3 is 2.38 bits per heavy atom. The van der Waals surface area contributed by atoms with Gasteiger partial charge in [0.25, 0.3) is 0 Å². The van der Waals surface area contributed by atoms with E-state index in [1.54, 1.807) is 18.2 Å². The summed E-state index contributed by atoms with van der Waals surface area (Å²) in [4.78, 5) is 0. The quantitative estimate of drug-likeness (QED) is 0.737. The molecule has 0 radical (unpaired) electrons. The minimum absolute atomic E-state index is 0.0566. The molecule has 0 aliphatic heterocycles. The zero-order chi connectivity index (χ0) is 9.84. The van der Waals surface area contributed by atoms with E-state index in [1.165, 1.54) is 0 Å². The van der Waals surface area contributed by atoms with Crippen LogP contribution < -0.4 is 0 Å². The first kappa shape index (κ1) is 10.3. The maximum absolute atomic E-state index is 9.77. The fourth-order valence-corrected chi connectivity index (χ4v) is 1.22. The molecule has 0 aliphatic carbocycles. The molecule has 2 heteroatoms. The van der Waals surface area contributed by atoms with Crippen LogP contribution in [0.2, 0.25) is 5.02 Å². The van der Waals surface area contributed by atoms with Crippen molar-refractivity contribution in [1.29, 1.82) is 0 Å². The molecule has 0 aromatic heterocycles. The van der Waals surface area contributed by atoms with Gasteiger partial charge in [0.05, 0.1) is 6.10 Å². The molecule has 13 heavy (non-hydrogen) atoms. The lowest BCUT2D eigenvalue weighted by Crippen LogP contribution is -2.05. The van der Waals surface area contributed by atoms with E-state index in [0.717, 1.165) is 5.56 Å². The van der Waals surface area contributed by atoms with Gasteiger partial charge in [-0.05, 0) is 17.7 Å². The summed E-state index contributed by atoms with van der Waals surface area (Å²) in [6.45, 7) is 5.56. The second-order valence-electron chi connectivity index (χ2n) is 3.09. The maximum Gasteiger partial charge on any atom is 0.0849 e. The highest BCUT2D eigenvalue weighted by atomic mass is 35.5. The maximum atomic E-state index is 9.77. The molecule has 0 amide bonds. The predicted molar refractivity (Wildman–Crippen MR) is 55.8 cm³/mol. The van der Waals surface area contributed by atoms with Crippen molar-refractivity contribution in [2.24, 2.45) is 5.92 Å². The first-order valence-corrected chi connectivity index (χ1v) is 4.59. The van der Waals surface area contributed by atoms with Gasteiger partial charge >= 0.3 is 0 Å². The largest absolute Gasteiger partial charge is 0.388 e. The van der Waals surface area contributed by atoms with Crippen molar-refractivity contribution in [3.05, 3.63) is 47.5 Å². The highest BCUT2D eigenvalue weighted by molar-refractivity contribution is 6.30. The molecule has 1 rings (SSSR count). The standard InChI is InChI=1S/C11H13ClO/c1-3-8(2)11(13)9-4-6-10(12)7-5-9/h3-8,11,13H,1H2,2H3/t8-,11+/m0/s1. The van der Waals surface area contributed by atoms with Gasteiger partial charge in [0.1, 0.15) is 0 Å². The molecule has 1 aromatic rings. The molecule has 0 saturated heterocycles. The third-order valence-corrected chi connectivity index (χ3v) is 2.33. The van der Waals surface area contributed by atoms with Crippen LogP contribution >= 0.6 is 11.6 Å². The number of rotatable bonds is 3. The van der Waals surface area contributed by atoms with Gasteiger partial charge in [-0.2, -0.15) is 0 Å². The number of hydrogen-bond acceptors (Lipinski definition) is 1. The number of hydrogen-bond donors (Lipinski definition) is 1. The van der Waals surface area contributed by atoms with Gasteiger partial charge in [-0.3, -0.25) is 0 Å². The number of aliphatic hydroxyl groups excluding tert-OH is 1. The summed E-state index contributed by atoms with van der Waals surface area (Å²) in [5.41, 5.74) is 0.872. The molecular formula is C11H13ClO. The molecule has 0 unspecified atom stereocenters. The Bertz CT molecular complexity index is 279. The van der Waals surface area contributed by atoms with E-state index in [0.29, 0.717) is 5.02 Å². The van der Waals surface area contributed by atoms with Crippen molar-refractivity contribution in [2.45, 2.75) is 13.0 Å². The topological polar surface area (TPSA) is 20.2 Å². The van der Waals surface area contributed by atoms with E-state index < -0.39 is 6.10 Å². The fourth-order valence-electron chi connectivity index (χ4n) is 1.09. The van der Waals surface area contributed by atoms with Gasteiger partial charge in [0.15, 0.2) is 0 Å². The highest BCUT2D eigenvalue weighted by Crippen LogP contribution is 2.23. The monoisotopic (exact) mass is 196 g/mol. The lowest BCUT2D eigenvalue weighted by atomic mass is 9.98. The van der Waals surface area contributed by atoms with Gasteiger partial charge in [-0.1, -0.05) is 36.7 Å². The Morgan fingerprint density at radius 1 is 1.38 bits per heavy atom. The van der Waals surface area contributed by atoms with Crippen LogP contribution in [0, 0.1) is 5.92 Å². The van der Waals surface area contributed by atoms with Gasteiger partial charge in [-0.15, -0.1) is 6.58 Å². The van der Waals surface area contributed by atoms with Crippen LogP contribution in [0.25, 0.3) is 0 Å².